The molecule has 0 spiro atoms. The minimum Gasteiger partial charge on any atom is -0.480 e. The molecule has 1 amide bonds. The van der Waals surface area contributed by atoms with Crippen molar-refractivity contribution in [3.63, 3.8) is 0 Å². The first-order valence-electron chi connectivity index (χ1n) is 3.64. The Morgan fingerprint density at radius 3 is 2.50 bits per heavy atom. The summed E-state index contributed by atoms with van der Waals surface area (Å²) < 4.78 is 4.64. The second kappa shape index (κ2) is 5.40. The fourth-order valence-corrected chi connectivity index (χ4v) is 0.441. The zero-order chi connectivity index (χ0) is 9.56. The molecule has 0 saturated carbocycles. The Bertz CT molecular complexity index is 167. The van der Waals surface area contributed by atoms with Gasteiger partial charge >= 0.3 is 12.1 Å². The van der Waals surface area contributed by atoms with Crippen LogP contribution < -0.4 is 5.32 Å². The Labute approximate surface area is 70.7 Å². The van der Waals surface area contributed by atoms with Crippen LogP contribution in [0.5, 0.6) is 0 Å². The molecule has 2 N–H and O–H groups in total. The molecule has 70 valence electrons. The fourth-order valence-electron chi connectivity index (χ4n) is 0.441. The van der Waals surface area contributed by atoms with Gasteiger partial charge in [-0.2, -0.15) is 0 Å². The van der Waals surface area contributed by atoms with Crippen LogP contribution in [0.3, 0.4) is 0 Å². The number of alkyl carbamates (subject to hydrolysis) is 1. The number of hydrogen-bond donors (Lipinski definition) is 2. The maximum atomic E-state index is 10.7. The van der Waals surface area contributed by atoms with Crippen LogP contribution in [0.25, 0.3) is 0 Å². The summed E-state index contributed by atoms with van der Waals surface area (Å²) in [6.07, 6.45) is -0.689. The lowest BCUT2D eigenvalue weighted by atomic mass is 10.2. The predicted molar refractivity (Wildman–Crippen MR) is 41.8 cm³/mol. The molecule has 0 aromatic carbocycles. The monoisotopic (exact) mass is 175 g/mol. The molecular formula is C7H13NO4. The third kappa shape index (κ3) is 6.85. The molecule has 0 aliphatic heterocycles. The largest absolute Gasteiger partial charge is 0.480 e. The number of aliphatic carboxylic acids is 1. The van der Waals surface area contributed by atoms with E-state index in [0.717, 1.165) is 0 Å². The Morgan fingerprint density at radius 1 is 1.50 bits per heavy atom. The highest BCUT2D eigenvalue weighted by Crippen LogP contribution is 1.91. The molecule has 0 unspecified atom stereocenters. The second-order valence-corrected chi connectivity index (χ2v) is 2.74. The summed E-state index contributed by atoms with van der Waals surface area (Å²) in [7, 11) is 0. The van der Waals surface area contributed by atoms with E-state index in [2.05, 4.69) is 10.1 Å². The van der Waals surface area contributed by atoms with E-state index < -0.39 is 18.6 Å². The van der Waals surface area contributed by atoms with Crippen LogP contribution in [0.1, 0.15) is 13.8 Å². The Hall–Kier alpha value is -1.26. The highest BCUT2D eigenvalue weighted by Gasteiger charge is 2.04. The van der Waals surface area contributed by atoms with Gasteiger partial charge in [0.2, 0.25) is 0 Å². The molecule has 0 aliphatic carbocycles. The highest BCUT2D eigenvalue weighted by atomic mass is 16.5. The summed E-state index contributed by atoms with van der Waals surface area (Å²) in [5.74, 6) is -0.836. The van der Waals surface area contributed by atoms with Crippen LogP contribution in [-0.4, -0.2) is 30.3 Å². The number of carbonyl (C=O) groups excluding carboxylic acids is 1. The van der Waals surface area contributed by atoms with Crippen LogP contribution >= 0.6 is 0 Å². The van der Waals surface area contributed by atoms with Gasteiger partial charge in [0.25, 0.3) is 0 Å². The molecule has 0 atom stereocenters. The van der Waals surface area contributed by atoms with Gasteiger partial charge in [0, 0.05) is 0 Å². The summed E-state index contributed by atoms with van der Waals surface area (Å²) >= 11 is 0. The average Bonchev–Trinajstić information content (AvgIpc) is 1.96. The molecule has 0 radical (unpaired) electrons. The molecule has 0 heterocycles. The molecule has 12 heavy (non-hydrogen) atoms. The van der Waals surface area contributed by atoms with Crippen LogP contribution in [0.2, 0.25) is 0 Å². The SMILES string of the molecule is CC(C)COC(=O)NCC(=O)O. The van der Waals surface area contributed by atoms with Crippen molar-refractivity contribution in [2.24, 2.45) is 5.92 Å². The number of carboxylic acid groups (broad SMARTS) is 1. The first kappa shape index (κ1) is 10.7. The van der Waals surface area contributed by atoms with Crippen LogP contribution in [0.4, 0.5) is 4.79 Å². The fraction of sp³-hybridized carbons (Fsp3) is 0.714. The average molecular weight is 175 g/mol. The van der Waals surface area contributed by atoms with E-state index in [9.17, 15) is 9.59 Å². The normalized spacial score (nSPS) is 9.58. The summed E-state index contributed by atoms with van der Waals surface area (Å²) in [6.45, 7) is 3.68. The van der Waals surface area contributed by atoms with E-state index in [1.165, 1.54) is 0 Å². The van der Waals surface area contributed by atoms with Gasteiger partial charge in [-0.25, -0.2) is 4.79 Å². The van der Waals surface area contributed by atoms with Gasteiger partial charge in [0.05, 0.1) is 6.61 Å². The number of carbonyl (C=O) groups is 2. The van der Waals surface area contributed by atoms with Crippen molar-refractivity contribution in [3.05, 3.63) is 0 Å². The molecule has 5 nitrogen and oxygen atoms in total. The van der Waals surface area contributed by atoms with Crippen molar-refractivity contribution in [2.75, 3.05) is 13.2 Å². The lowest BCUT2D eigenvalue weighted by molar-refractivity contribution is -0.135. The van der Waals surface area contributed by atoms with Crippen molar-refractivity contribution < 1.29 is 19.4 Å². The van der Waals surface area contributed by atoms with Gasteiger partial charge in [-0.05, 0) is 5.92 Å². The zero-order valence-electron chi connectivity index (χ0n) is 7.16. The van der Waals surface area contributed by atoms with E-state index in [-0.39, 0.29) is 5.92 Å². The number of rotatable bonds is 4. The van der Waals surface area contributed by atoms with Crippen molar-refractivity contribution >= 4 is 12.1 Å². The van der Waals surface area contributed by atoms with E-state index in [4.69, 9.17) is 5.11 Å². The summed E-state index contributed by atoms with van der Waals surface area (Å²) in [4.78, 5) is 20.6. The summed E-state index contributed by atoms with van der Waals surface area (Å²) in [5, 5.41) is 10.2. The van der Waals surface area contributed by atoms with E-state index in [1.807, 2.05) is 13.8 Å². The lowest BCUT2D eigenvalue weighted by Crippen LogP contribution is -2.30. The second-order valence-electron chi connectivity index (χ2n) is 2.74. The zero-order valence-corrected chi connectivity index (χ0v) is 7.16. The molecular weight excluding hydrogens is 162 g/mol. The van der Waals surface area contributed by atoms with Gasteiger partial charge in [-0.1, -0.05) is 13.8 Å². The molecule has 0 aromatic rings. The molecule has 0 rings (SSSR count). The van der Waals surface area contributed by atoms with Crippen LogP contribution in [-0.2, 0) is 9.53 Å². The third-order valence-electron chi connectivity index (χ3n) is 0.932. The molecule has 0 aromatic heterocycles. The van der Waals surface area contributed by atoms with Crippen LogP contribution in [0, 0.1) is 5.92 Å². The Balaban J connectivity index is 3.40. The number of nitrogens with one attached hydrogen (secondary N) is 1. The Kier molecular flexibility index (Phi) is 4.83. The smallest absolute Gasteiger partial charge is 0.407 e. The summed E-state index contributed by atoms with van der Waals surface area (Å²) in [6, 6.07) is 0. The van der Waals surface area contributed by atoms with Gasteiger partial charge in [0.1, 0.15) is 6.54 Å². The quantitative estimate of drug-likeness (QED) is 0.650. The number of carboxylic acids is 1. The molecule has 0 saturated heterocycles. The van der Waals surface area contributed by atoms with Crippen molar-refractivity contribution in [1.82, 2.24) is 5.32 Å². The first-order valence-corrected chi connectivity index (χ1v) is 3.64. The van der Waals surface area contributed by atoms with Gasteiger partial charge in [-0.15, -0.1) is 0 Å². The minimum atomic E-state index is -1.09. The van der Waals surface area contributed by atoms with E-state index in [1.54, 1.807) is 0 Å². The standard InChI is InChI=1S/C7H13NO4/c1-5(2)4-12-7(11)8-3-6(9)10/h5H,3-4H2,1-2H3,(H,8,11)(H,9,10). The number of amides is 1. The predicted octanol–water partition coefficient (Wildman–Crippen LogP) is 0.453. The lowest BCUT2D eigenvalue weighted by Gasteiger charge is -2.06. The minimum absolute atomic E-state index is 0.251. The van der Waals surface area contributed by atoms with Gasteiger partial charge < -0.3 is 15.2 Å². The Morgan fingerprint density at radius 2 is 2.08 bits per heavy atom. The van der Waals surface area contributed by atoms with Crippen molar-refractivity contribution in [1.29, 1.82) is 0 Å². The van der Waals surface area contributed by atoms with Crippen LogP contribution in [0.15, 0.2) is 0 Å². The molecule has 0 fully saturated rings. The van der Waals surface area contributed by atoms with Gasteiger partial charge in [-0.3, -0.25) is 4.79 Å². The topological polar surface area (TPSA) is 75.6 Å². The van der Waals surface area contributed by atoms with Crippen molar-refractivity contribution in [3.8, 4) is 0 Å². The molecule has 5 heteroatoms. The maximum Gasteiger partial charge on any atom is 0.407 e. The van der Waals surface area contributed by atoms with Gasteiger partial charge in [0.15, 0.2) is 0 Å². The third-order valence-corrected chi connectivity index (χ3v) is 0.932. The number of hydrogen-bond acceptors (Lipinski definition) is 3. The van der Waals surface area contributed by atoms with E-state index in [0.29, 0.717) is 6.61 Å². The maximum absolute atomic E-state index is 10.7. The molecule has 0 aliphatic rings. The first-order chi connectivity index (χ1) is 5.52. The summed E-state index contributed by atoms with van der Waals surface area (Å²) in [5.41, 5.74) is 0. The highest BCUT2D eigenvalue weighted by molar-refractivity contribution is 5.76. The number of ether oxygens (including phenoxy) is 1. The van der Waals surface area contributed by atoms with E-state index >= 15 is 0 Å². The van der Waals surface area contributed by atoms with Crippen molar-refractivity contribution in [2.45, 2.75) is 13.8 Å². The molecule has 0 bridgehead atoms.